The highest BCUT2D eigenvalue weighted by atomic mass is 16.5. The summed E-state index contributed by atoms with van der Waals surface area (Å²) in [6, 6.07) is 6.18. The van der Waals surface area contributed by atoms with Crippen LogP contribution in [0.15, 0.2) is 16.5 Å². The molecule has 2 rings (SSSR count). The van der Waals surface area contributed by atoms with Crippen LogP contribution in [0, 0.1) is 17.2 Å². The van der Waals surface area contributed by atoms with Crippen molar-refractivity contribution >= 4 is 0 Å². The fourth-order valence-corrected chi connectivity index (χ4v) is 1.93. The average molecular weight is 205 g/mol. The van der Waals surface area contributed by atoms with Gasteiger partial charge in [-0.25, -0.2) is 0 Å². The minimum atomic E-state index is -0.163. The molecule has 0 amide bonds. The molecule has 3 nitrogen and oxygen atoms in total. The van der Waals surface area contributed by atoms with E-state index in [-0.39, 0.29) is 12.0 Å². The van der Waals surface area contributed by atoms with Crippen molar-refractivity contribution in [2.45, 2.75) is 32.3 Å². The lowest BCUT2D eigenvalue weighted by atomic mass is 9.94. The van der Waals surface area contributed by atoms with E-state index in [1.807, 2.05) is 19.1 Å². The molecule has 1 fully saturated rings. The first-order valence-corrected chi connectivity index (χ1v) is 5.45. The van der Waals surface area contributed by atoms with Crippen molar-refractivity contribution in [2.24, 2.45) is 5.92 Å². The maximum absolute atomic E-state index is 9.02. The van der Waals surface area contributed by atoms with E-state index in [4.69, 9.17) is 14.4 Å². The summed E-state index contributed by atoms with van der Waals surface area (Å²) < 4.78 is 11.2. The molecule has 2 atom stereocenters. The lowest BCUT2D eigenvalue weighted by Gasteiger charge is -2.25. The number of nitriles is 1. The third-order valence-corrected chi connectivity index (χ3v) is 2.80. The molecule has 1 aromatic rings. The minimum absolute atomic E-state index is 0.0605. The SMILES string of the molecule is CCc1ccc(C2OCCCC2C#N)o1. The summed E-state index contributed by atoms with van der Waals surface area (Å²) in [6.45, 7) is 2.77. The zero-order valence-corrected chi connectivity index (χ0v) is 8.90. The summed E-state index contributed by atoms with van der Waals surface area (Å²) in [7, 11) is 0. The van der Waals surface area contributed by atoms with Gasteiger partial charge in [0.25, 0.3) is 0 Å². The van der Waals surface area contributed by atoms with Crippen LogP contribution < -0.4 is 0 Å². The maximum Gasteiger partial charge on any atom is 0.134 e. The molecule has 0 aromatic carbocycles. The number of ether oxygens (including phenoxy) is 1. The van der Waals surface area contributed by atoms with E-state index in [0.717, 1.165) is 37.4 Å². The third kappa shape index (κ3) is 2.05. The van der Waals surface area contributed by atoms with Crippen LogP contribution in [0.4, 0.5) is 0 Å². The van der Waals surface area contributed by atoms with Gasteiger partial charge in [0.1, 0.15) is 17.6 Å². The molecule has 0 saturated carbocycles. The topological polar surface area (TPSA) is 46.2 Å². The van der Waals surface area contributed by atoms with Gasteiger partial charge < -0.3 is 9.15 Å². The smallest absolute Gasteiger partial charge is 0.134 e. The molecular formula is C12H15NO2. The van der Waals surface area contributed by atoms with E-state index in [1.165, 1.54) is 0 Å². The second kappa shape index (κ2) is 4.50. The normalized spacial score (nSPS) is 26.1. The standard InChI is InChI=1S/C12H15NO2/c1-2-10-5-6-11(15-10)12-9(8-13)4-3-7-14-12/h5-6,9,12H,2-4,7H2,1H3. The summed E-state index contributed by atoms with van der Waals surface area (Å²) in [6.07, 6.45) is 2.59. The van der Waals surface area contributed by atoms with Crippen molar-refractivity contribution in [1.29, 1.82) is 5.26 Å². The maximum atomic E-state index is 9.02. The van der Waals surface area contributed by atoms with Crippen LogP contribution in [-0.4, -0.2) is 6.61 Å². The van der Waals surface area contributed by atoms with E-state index in [1.54, 1.807) is 0 Å². The highest BCUT2D eigenvalue weighted by Gasteiger charge is 2.29. The van der Waals surface area contributed by atoms with E-state index >= 15 is 0 Å². The summed E-state index contributed by atoms with van der Waals surface area (Å²) in [5, 5.41) is 9.02. The second-order valence-electron chi connectivity index (χ2n) is 3.83. The van der Waals surface area contributed by atoms with E-state index < -0.39 is 0 Å². The van der Waals surface area contributed by atoms with Crippen molar-refractivity contribution < 1.29 is 9.15 Å². The Hall–Kier alpha value is -1.27. The van der Waals surface area contributed by atoms with Crippen molar-refractivity contribution in [2.75, 3.05) is 6.61 Å². The molecule has 15 heavy (non-hydrogen) atoms. The largest absolute Gasteiger partial charge is 0.463 e. The van der Waals surface area contributed by atoms with Gasteiger partial charge >= 0.3 is 0 Å². The quantitative estimate of drug-likeness (QED) is 0.745. The van der Waals surface area contributed by atoms with E-state index in [2.05, 4.69) is 6.07 Å². The highest BCUT2D eigenvalue weighted by Crippen LogP contribution is 2.33. The number of furan rings is 1. The Balaban J connectivity index is 2.17. The Morgan fingerprint density at radius 1 is 1.53 bits per heavy atom. The zero-order chi connectivity index (χ0) is 10.7. The van der Waals surface area contributed by atoms with Crippen LogP contribution in [0.3, 0.4) is 0 Å². The highest BCUT2D eigenvalue weighted by molar-refractivity contribution is 5.13. The van der Waals surface area contributed by atoms with Crippen molar-refractivity contribution in [3.05, 3.63) is 23.7 Å². The molecule has 0 N–H and O–H groups in total. The monoisotopic (exact) mass is 205 g/mol. The average Bonchev–Trinajstić information content (AvgIpc) is 2.77. The Morgan fingerprint density at radius 3 is 3.07 bits per heavy atom. The van der Waals surface area contributed by atoms with Crippen molar-refractivity contribution in [3.63, 3.8) is 0 Å². The number of hydrogen-bond acceptors (Lipinski definition) is 3. The van der Waals surface area contributed by atoms with Gasteiger partial charge in [0, 0.05) is 13.0 Å². The fraction of sp³-hybridized carbons (Fsp3) is 0.583. The lowest BCUT2D eigenvalue weighted by molar-refractivity contribution is -0.0231. The molecule has 0 spiro atoms. The van der Waals surface area contributed by atoms with Gasteiger partial charge in [0.2, 0.25) is 0 Å². The predicted octanol–water partition coefficient (Wildman–Crippen LogP) is 2.83. The van der Waals surface area contributed by atoms with Crippen LogP contribution in [0.1, 0.15) is 37.4 Å². The molecule has 1 saturated heterocycles. The summed E-state index contributed by atoms with van der Waals surface area (Å²) >= 11 is 0. The molecule has 0 aliphatic carbocycles. The zero-order valence-electron chi connectivity index (χ0n) is 8.90. The van der Waals surface area contributed by atoms with E-state index in [0.29, 0.717) is 0 Å². The fourth-order valence-electron chi connectivity index (χ4n) is 1.93. The van der Waals surface area contributed by atoms with Gasteiger partial charge in [-0.05, 0) is 25.0 Å². The second-order valence-corrected chi connectivity index (χ2v) is 3.83. The van der Waals surface area contributed by atoms with E-state index in [9.17, 15) is 0 Å². The Kier molecular flexibility index (Phi) is 3.08. The van der Waals surface area contributed by atoms with Gasteiger partial charge in [-0.1, -0.05) is 6.92 Å². The molecule has 3 heteroatoms. The summed E-state index contributed by atoms with van der Waals surface area (Å²) in [5.41, 5.74) is 0. The van der Waals surface area contributed by atoms with Crippen LogP contribution in [0.2, 0.25) is 0 Å². The molecule has 80 valence electrons. The van der Waals surface area contributed by atoms with Gasteiger partial charge in [-0.15, -0.1) is 0 Å². The van der Waals surface area contributed by atoms with Crippen molar-refractivity contribution in [1.82, 2.24) is 0 Å². The van der Waals surface area contributed by atoms with Gasteiger partial charge in [0.05, 0.1) is 12.0 Å². The molecule has 2 heterocycles. The van der Waals surface area contributed by atoms with Gasteiger partial charge in [-0.2, -0.15) is 5.26 Å². The molecule has 0 bridgehead atoms. The summed E-state index contributed by atoms with van der Waals surface area (Å²) in [5.74, 6) is 1.70. The Morgan fingerprint density at radius 2 is 2.40 bits per heavy atom. The van der Waals surface area contributed by atoms with Crippen molar-refractivity contribution in [3.8, 4) is 6.07 Å². The van der Waals surface area contributed by atoms with Crippen LogP contribution in [0.5, 0.6) is 0 Å². The minimum Gasteiger partial charge on any atom is -0.463 e. The summed E-state index contributed by atoms with van der Waals surface area (Å²) in [4.78, 5) is 0. The third-order valence-electron chi connectivity index (χ3n) is 2.80. The van der Waals surface area contributed by atoms with Crippen LogP contribution in [-0.2, 0) is 11.2 Å². The molecular weight excluding hydrogens is 190 g/mol. The van der Waals surface area contributed by atoms with Crippen LogP contribution in [0.25, 0.3) is 0 Å². The number of hydrogen-bond donors (Lipinski definition) is 0. The Bertz CT molecular complexity index is 364. The van der Waals surface area contributed by atoms with Gasteiger partial charge in [0.15, 0.2) is 0 Å². The first-order chi connectivity index (χ1) is 7.35. The molecule has 1 aromatic heterocycles. The lowest BCUT2D eigenvalue weighted by Crippen LogP contribution is -2.20. The van der Waals surface area contributed by atoms with Crippen LogP contribution >= 0.6 is 0 Å². The molecule has 2 unspecified atom stereocenters. The first kappa shape index (κ1) is 10.3. The molecule has 1 aliphatic heterocycles. The predicted molar refractivity (Wildman–Crippen MR) is 55.1 cm³/mol. The number of rotatable bonds is 2. The molecule has 1 aliphatic rings. The van der Waals surface area contributed by atoms with Gasteiger partial charge in [-0.3, -0.25) is 0 Å². The Labute approximate surface area is 89.6 Å². The number of nitrogens with zero attached hydrogens (tertiary/aromatic N) is 1. The first-order valence-electron chi connectivity index (χ1n) is 5.45. The molecule has 0 radical (unpaired) electrons. The number of aryl methyl sites for hydroxylation is 1.